The predicted octanol–water partition coefficient (Wildman–Crippen LogP) is 2.57. The summed E-state index contributed by atoms with van der Waals surface area (Å²) in [5.41, 5.74) is 1.06. The monoisotopic (exact) mass is 342 g/mol. The van der Waals surface area contributed by atoms with Crippen LogP contribution in [0.25, 0.3) is 0 Å². The van der Waals surface area contributed by atoms with Gasteiger partial charge in [0.05, 0.1) is 15.7 Å². The average molecular weight is 343 g/mol. The second kappa shape index (κ2) is 5.01. The smallest absolute Gasteiger partial charge is 0.274 e. The zero-order chi connectivity index (χ0) is 15.2. The number of carbonyl (C=O) groups is 1. The van der Waals surface area contributed by atoms with Gasteiger partial charge in [-0.05, 0) is 24.3 Å². The Morgan fingerprint density at radius 1 is 1.14 bits per heavy atom. The summed E-state index contributed by atoms with van der Waals surface area (Å²) in [7, 11) is -2.16. The highest BCUT2D eigenvalue weighted by atomic mass is 35.5. The minimum atomic E-state index is -3.79. The number of benzene rings is 1. The topological polar surface area (TPSA) is 57.7 Å². The average Bonchev–Trinajstić information content (AvgIpc) is 2.90. The van der Waals surface area contributed by atoms with Crippen LogP contribution in [0.4, 0.5) is 11.4 Å². The number of hydrogen-bond acceptors (Lipinski definition) is 4. The van der Waals surface area contributed by atoms with Crippen LogP contribution < -0.4 is 9.21 Å². The maximum absolute atomic E-state index is 12.7. The van der Waals surface area contributed by atoms with Gasteiger partial charge in [-0.3, -0.25) is 9.10 Å². The fourth-order valence-corrected chi connectivity index (χ4v) is 5.19. The molecule has 21 heavy (non-hydrogen) atoms. The second-order valence-electron chi connectivity index (χ2n) is 4.51. The molecule has 0 bridgehead atoms. The van der Waals surface area contributed by atoms with Crippen LogP contribution in [-0.2, 0) is 14.8 Å². The van der Waals surface area contributed by atoms with E-state index < -0.39 is 10.0 Å². The SMILES string of the molecule is CN1C(=O)CN(S(=O)(=O)c2ccc(Cl)s2)c2ccccc21. The molecule has 3 rings (SSSR count). The molecule has 0 fully saturated rings. The first-order chi connectivity index (χ1) is 9.91. The third-order valence-electron chi connectivity index (χ3n) is 3.26. The van der Waals surface area contributed by atoms with E-state index in [1.807, 2.05) is 0 Å². The Morgan fingerprint density at radius 3 is 2.43 bits per heavy atom. The van der Waals surface area contributed by atoms with Crippen LogP contribution in [0, 0.1) is 0 Å². The fraction of sp³-hybridized carbons (Fsp3) is 0.154. The van der Waals surface area contributed by atoms with E-state index in [1.54, 1.807) is 31.3 Å². The molecule has 5 nitrogen and oxygen atoms in total. The van der Waals surface area contributed by atoms with Crippen LogP contribution in [0.2, 0.25) is 4.34 Å². The molecule has 110 valence electrons. The summed E-state index contributed by atoms with van der Waals surface area (Å²) in [6.07, 6.45) is 0. The largest absolute Gasteiger partial charge is 0.312 e. The van der Waals surface area contributed by atoms with Gasteiger partial charge in [-0.2, -0.15) is 0 Å². The number of likely N-dealkylation sites (N-methyl/N-ethyl adjacent to an activating group) is 1. The van der Waals surface area contributed by atoms with Crippen molar-refractivity contribution in [2.45, 2.75) is 4.21 Å². The van der Waals surface area contributed by atoms with E-state index in [-0.39, 0.29) is 16.7 Å². The van der Waals surface area contributed by atoms with Gasteiger partial charge in [-0.25, -0.2) is 8.42 Å². The molecule has 0 saturated carbocycles. The molecule has 1 amide bonds. The van der Waals surface area contributed by atoms with Crippen LogP contribution in [-0.4, -0.2) is 27.9 Å². The van der Waals surface area contributed by atoms with Gasteiger partial charge < -0.3 is 4.90 Å². The molecule has 0 saturated heterocycles. The fourth-order valence-electron chi connectivity index (χ4n) is 2.17. The van der Waals surface area contributed by atoms with E-state index in [9.17, 15) is 13.2 Å². The Bertz CT molecular complexity index is 816. The molecule has 0 N–H and O–H groups in total. The standard InChI is InChI=1S/C13H11ClN2O3S2/c1-15-9-4-2-3-5-10(9)16(8-12(15)17)21(18,19)13-7-6-11(14)20-13/h2-7H,8H2,1H3. The van der Waals surface area contributed by atoms with Gasteiger partial charge in [0.25, 0.3) is 10.0 Å². The molecule has 2 aromatic rings. The molecule has 0 spiro atoms. The lowest BCUT2D eigenvalue weighted by Gasteiger charge is -2.34. The van der Waals surface area contributed by atoms with Crippen molar-refractivity contribution < 1.29 is 13.2 Å². The van der Waals surface area contributed by atoms with Gasteiger partial charge in [-0.1, -0.05) is 23.7 Å². The Balaban J connectivity index is 2.15. The number of rotatable bonds is 2. The quantitative estimate of drug-likeness (QED) is 0.842. The van der Waals surface area contributed by atoms with Crippen molar-refractivity contribution in [2.24, 2.45) is 0 Å². The number of thiophene rings is 1. The maximum atomic E-state index is 12.7. The molecule has 1 aromatic heterocycles. The Morgan fingerprint density at radius 2 is 1.81 bits per heavy atom. The Hall–Kier alpha value is -1.57. The minimum Gasteiger partial charge on any atom is -0.312 e. The summed E-state index contributed by atoms with van der Waals surface area (Å²) in [6.45, 7) is -0.217. The zero-order valence-electron chi connectivity index (χ0n) is 11.0. The van der Waals surface area contributed by atoms with E-state index in [1.165, 1.54) is 17.0 Å². The van der Waals surface area contributed by atoms with E-state index in [0.717, 1.165) is 15.6 Å². The van der Waals surface area contributed by atoms with Crippen molar-refractivity contribution in [3.63, 3.8) is 0 Å². The van der Waals surface area contributed by atoms with Crippen LogP contribution in [0.15, 0.2) is 40.6 Å². The van der Waals surface area contributed by atoms with E-state index >= 15 is 0 Å². The van der Waals surface area contributed by atoms with E-state index in [4.69, 9.17) is 11.6 Å². The molecule has 0 aliphatic carbocycles. The minimum absolute atomic E-state index is 0.125. The first kappa shape index (κ1) is 14.4. The summed E-state index contributed by atoms with van der Waals surface area (Å²) >= 11 is 6.79. The van der Waals surface area contributed by atoms with Crippen LogP contribution in [0.5, 0.6) is 0 Å². The summed E-state index contributed by atoms with van der Waals surface area (Å²) < 4.78 is 27.1. The number of nitrogens with zero attached hydrogens (tertiary/aromatic N) is 2. The molecule has 1 aliphatic heterocycles. The maximum Gasteiger partial charge on any atom is 0.274 e. The molecule has 0 atom stereocenters. The number of amides is 1. The number of fused-ring (bicyclic) bond motifs is 1. The molecular formula is C13H11ClN2O3S2. The van der Waals surface area contributed by atoms with Crippen LogP contribution in [0.3, 0.4) is 0 Å². The summed E-state index contributed by atoms with van der Waals surface area (Å²) in [4.78, 5) is 13.5. The molecule has 8 heteroatoms. The van der Waals surface area contributed by atoms with Crippen molar-refractivity contribution in [1.82, 2.24) is 0 Å². The van der Waals surface area contributed by atoms with Crippen molar-refractivity contribution in [3.8, 4) is 0 Å². The number of sulfonamides is 1. The van der Waals surface area contributed by atoms with Gasteiger partial charge >= 0.3 is 0 Å². The Labute approximate surface area is 131 Å². The number of carbonyl (C=O) groups excluding carboxylic acids is 1. The number of anilines is 2. The Kier molecular flexibility index (Phi) is 3.43. The lowest BCUT2D eigenvalue weighted by molar-refractivity contribution is -0.117. The third-order valence-corrected chi connectivity index (χ3v) is 6.72. The third kappa shape index (κ3) is 2.31. The molecule has 0 radical (unpaired) electrons. The van der Waals surface area contributed by atoms with Gasteiger partial charge in [-0.15, -0.1) is 11.3 Å². The molecule has 1 aliphatic rings. The first-order valence-electron chi connectivity index (χ1n) is 6.05. The van der Waals surface area contributed by atoms with Gasteiger partial charge in [0.2, 0.25) is 5.91 Å². The number of hydrogen-bond donors (Lipinski definition) is 0. The molecule has 1 aromatic carbocycles. The molecular weight excluding hydrogens is 332 g/mol. The van der Waals surface area contributed by atoms with Crippen molar-refractivity contribution in [3.05, 3.63) is 40.7 Å². The number of para-hydroxylation sites is 2. The van der Waals surface area contributed by atoms with Gasteiger partial charge in [0.1, 0.15) is 10.8 Å². The number of halogens is 1. The summed E-state index contributed by atoms with van der Waals surface area (Å²) in [5.74, 6) is -0.278. The highest BCUT2D eigenvalue weighted by Gasteiger charge is 2.35. The lowest BCUT2D eigenvalue weighted by atomic mass is 10.2. The zero-order valence-corrected chi connectivity index (χ0v) is 13.4. The van der Waals surface area contributed by atoms with Gasteiger partial charge in [0, 0.05) is 7.05 Å². The summed E-state index contributed by atoms with van der Waals surface area (Å²) in [6, 6.07) is 9.89. The van der Waals surface area contributed by atoms with Gasteiger partial charge in [0.15, 0.2) is 0 Å². The van der Waals surface area contributed by atoms with E-state index in [0.29, 0.717) is 15.7 Å². The first-order valence-corrected chi connectivity index (χ1v) is 8.68. The van der Waals surface area contributed by atoms with E-state index in [2.05, 4.69) is 0 Å². The molecule has 0 unspecified atom stereocenters. The van der Waals surface area contributed by atoms with Crippen molar-refractivity contribution in [2.75, 3.05) is 22.8 Å². The lowest BCUT2D eigenvalue weighted by Crippen LogP contribution is -2.46. The van der Waals surface area contributed by atoms with Crippen LogP contribution >= 0.6 is 22.9 Å². The predicted molar refractivity (Wildman–Crippen MR) is 83.7 cm³/mol. The molecule has 2 heterocycles. The normalized spacial score (nSPS) is 15.2. The van der Waals surface area contributed by atoms with Crippen molar-refractivity contribution in [1.29, 1.82) is 0 Å². The highest BCUT2D eigenvalue weighted by Crippen LogP contribution is 2.37. The second-order valence-corrected chi connectivity index (χ2v) is 8.32. The highest BCUT2D eigenvalue weighted by molar-refractivity contribution is 7.94. The van der Waals surface area contributed by atoms with Crippen molar-refractivity contribution >= 4 is 50.2 Å². The van der Waals surface area contributed by atoms with Crippen LogP contribution in [0.1, 0.15) is 0 Å². The summed E-state index contributed by atoms with van der Waals surface area (Å²) in [5, 5.41) is 0.